The minimum atomic E-state index is -0.439. The summed E-state index contributed by atoms with van der Waals surface area (Å²) in [6.45, 7) is 9.22. The minimum Gasteiger partial charge on any atom is -0.444 e. The van der Waals surface area contributed by atoms with Gasteiger partial charge >= 0.3 is 6.09 Å². The van der Waals surface area contributed by atoms with Crippen LogP contribution in [0.5, 0.6) is 0 Å². The number of pyridine rings is 1. The van der Waals surface area contributed by atoms with Crippen molar-refractivity contribution in [2.75, 3.05) is 13.1 Å². The Labute approximate surface area is 126 Å². The number of rotatable bonds is 3. The summed E-state index contributed by atoms with van der Waals surface area (Å²) in [5, 5.41) is 3.55. The minimum absolute atomic E-state index is 0.221. The summed E-state index contributed by atoms with van der Waals surface area (Å²) in [4.78, 5) is 17.9. The molecule has 2 heterocycles. The molecule has 1 N–H and O–H groups in total. The molecule has 1 aromatic rings. The van der Waals surface area contributed by atoms with Crippen molar-refractivity contribution in [3.63, 3.8) is 0 Å². The molecule has 0 saturated carbocycles. The summed E-state index contributed by atoms with van der Waals surface area (Å²) in [6.07, 6.45) is 4.37. The fraction of sp³-hybridized carbons (Fsp3) is 0.625. The maximum atomic E-state index is 12.0. The number of likely N-dealkylation sites (tertiary alicyclic amines) is 1. The number of hydrogen-bond donors (Lipinski definition) is 1. The Morgan fingerprint density at radius 3 is 2.90 bits per heavy atom. The number of amides is 1. The first-order valence-electron chi connectivity index (χ1n) is 7.49. The van der Waals surface area contributed by atoms with E-state index in [0.29, 0.717) is 12.6 Å². The zero-order chi connectivity index (χ0) is 15.5. The molecule has 1 saturated heterocycles. The van der Waals surface area contributed by atoms with Gasteiger partial charge in [0.15, 0.2) is 0 Å². The number of hydrogen-bond acceptors (Lipinski definition) is 4. The normalized spacial score (nSPS) is 20.4. The van der Waals surface area contributed by atoms with E-state index >= 15 is 0 Å². The highest BCUT2D eigenvalue weighted by Gasteiger charge is 2.30. The van der Waals surface area contributed by atoms with E-state index in [9.17, 15) is 4.79 Å². The van der Waals surface area contributed by atoms with Gasteiger partial charge in [0.1, 0.15) is 5.60 Å². The molecule has 1 amide bonds. The van der Waals surface area contributed by atoms with E-state index in [0.717, 1.165) is 18.5 Å². The van der Waals surface area contributed by atoms with Gasteiger partial charge in [0, 0.05) is 37.6 Å². The van der Waals surface area contributed by atoms with Crippen LogP contribution in [0.25, 0.3) is 0 Å². The summed E-state index contributed by atoms with van der Waals surface area (Å²) < 4.78 is 5.41. The molecule has 1 aliphatic rings. The third-order valence-corrected chi connectivity index (χ3v) is 3.51. The SMILES string of the molecule is C[C@H](NC1CCN(C(=O)OC(C)(C)C)C1)c1cccnc1. The van der Waals surface area contributed by atoms with E-state index in [1.165, 1.54) is 0 Å². The Morgan fingerprint density at radius 2 is 2.29 bits per heavy atom. The third-order valence-electron chi connectivity index (χ3n) is 3.51. The second-order valence-electron chi connectivity index (χ2n) is 6.59. The van der Waals surface area contributed by atoms with Crippen molar-refractivity contribution in [1.82, 2.24) is 15.2 Å². The Morgan fingerprint density at radius 1 is 1.52 bits per heavy atom. The lowest BCUT2D eigenvalue weighted by Gasteiger charge is -2.25. The van der Waals surface area contributed by atoms with Crippen LogP contribution in [0.2, 0.25) is 0 Å². The number of carbonyl (C=O) groups excluding carboxylic acids is 1. The second kappa shape index (κ2) is 6.43. The number of aromatic nitrogens is 1. The Balaban J connectivity index is 1.84. The molecular formula is C16H25N3O2. The molecule has 0 aromatic carbocycles. The van der Waals surface area contributed by atoms with Gasteiger partial charge in [-0.25, -0.2) is 4.79 Å². The zero-order valence-electron chi connectivity index (χ0n) is 13.3. The monoisotopic (exact) mass is 291 g/mol. The highest BCUT2D eigenvalue weighted by molar-refractivity contribution is 5.68. The summed E-state index contributed by atoms with van der Waals surface area (Å²) >= 11 is 0. The predicted octanol–water partition coefficient (Wildman–Crippen LogP) is 2.74. The molecule has 0 radical (unpaired) electrons. The van der Waals surface area contributed by atoms with Crippen molar-refractivity contribution in [2.45, 2.75) is 51.8 Å². The van der Waals surface area contributed by atoms with Crippen LogP contribution in [-0.2, 0) is 4.74 Å². The second-order valence-corrected chi connectivity index (χ2v) is 6.59. The van der Waals surface area contributed by atoms with Gasteiger partial charge < -0.3 is 15.0 Å². The fourth-order valence-corrected chi connectivity index (χ4v) is 2.47. The van der Waals surface area contributed by atoms with Crippen LogP contribution in [0.4, 0.5) is 4.79 Å². The number of nitrogens with zero attached hydrogens (tertiary/aromatic N) is 2. The lowest BCUT2D eigenvalue weighted by Crippen LogP contribution is -2.39. The van der Waals surface area contributed by atoms with Gasteiger partial charge in [-0.2, -0.15) is 0 Å². The number of nitrogens with one attached hydrogen (secondary N) is 1. The number of ether oxygens (including phenoxy) is 1. The van der Waals surface area contributed by atoms with Gasteiger partial charge in [-0.05, 0) is 45.7 Å². The van der Waals surface area contributed by atoms with E-state index in [-0.39, 0.29) is 12.1 Å². The van der Waals surface area contributed by atoms with Gasteiger partial charge in [0.25, 0.3) is 0 Å². The van der Waals surface area contributed by atoms with E-state index < -0.39 is 5.60 Å². The van der Waals surface area contributed by atoms with E-state index in [2.05, 4.69) is 23.3 Å². The van der Waals surface area contributed by atoms with Crippen LogP contribution in [0.3, 0.4) is 0 Å². The maximum Gasteiger partial charge on any atom is 0.410 e. The van der Waals surface area contributed by atoms with Crippen molar-refractivity contribution in [2.24, 2.45) is 0 Å². The molecule has 1 fully saturated rings. The van der Waals surface area contributed by atoms with E-state index in [4.69, 9.17) is 4.74 Å². The molecule has 21 heavy (non-hydrogen) atoms. The van der Waals surface area contributed by atoms with Crippen molar-refractivity contribution < 1.29 is 9.53 Å². The molecule has 2 rings (SSSR count). The molecule has 1 unspecified atom stereocenters. The Kier molecular flexibility index (Phi) is 4.83. The van der Waals surface area contributed by atoms with Crippen LogP contribution in [0.15, 0.2) is 24.5 Å². The molecule has 5 nitrogen and oxygen atoms in total. The summed E-state index contributed by atoms with van der Waals surface area (Å²) in [5.74, 6) is 0. The number of carbonyl (C=O) groups is 1. The molecule has 0 spiro atoms. The first-order chi connectivity index (χ1) is 9.85. The summed E-state index contributed by atoms with van der Waals surface area (Å²) in [5.41, 5.74) is 0.721. The van der Waals surface area contributed by atoms with Crippen molar-refractivity contribution in [3.8, 4) is 0 Å². The lowest BCUT2D eigenvalue weighted by atomic mass is 10.1. The van der Waals surface area contributed by atoms with Crippen LogP contribution < -0.4 is 5.32 Å². The van der Waals surface area contributed by atoms with E-state index in [1.807, 2.05) is 33.0 Å². The molecule has 116 valence electrons. The summed E-state index contributed by atoms with van der Waals surface area (Å²) in [6, 6.07) is 4.52. The first kappa shape index (κ1) is 15.8. The van der Waals surface area contributed by atoms with Gasteiger partial charge in [-0.3, -0.25) is 4.98 Å². The Hall–Kier alpha value is -1.62. The lowest BCUT2D eigenvalue weighted by molar-refractivity contribution is 0.0290. The van der Waals surface area contributed by atoms with Crippen molar-refractivity contribution >= 4 is 6.09 Å². The van der Waals surface area contributed by atoms with Crippen LogP contribution in [0.1, 0.15) is 45.7 Å². The van der Waals surface area contributed by atoms with Gasteiger partial charge in [-0.15, -0.1) is 0 Å². The van der Waals surface area contributed by atoms with Gasteiger partial charge in [-0.1, -0.05) is 6.07 Å². The summed E-state index contributed by atoms with van der Waals surface area (Å²) in [7, 11) is 0. The highest BCUT2D eigenvalue weighted by atomic mass is 16.6. The quantitative estimate of drug-likeness (QED) is 0.930. The van der Waals surface area contributed by atoms with E-state index in [1.54, 1.807) is 11.1 Å². The average Bonchev–Trinajstić information content (AvgIpc) is 2.86. The molecule has 0 aliphatic carbocycles. The molecule has 1 aliphatic heterocycles. The average molecular weight is 291 g/mol. The maximum absolute atomic E-state index is 12.0. The Bertz CT molecular complexity index is 470. The molecule has 1 aromatic heterocycles. The largest absolute Gasteiger partial charge is 0.444 e. The van der Waals surface area contributed by atoms with Crippen LogP contribution >= 0.6 is 0 Å². The molecule has 5 heteroatoms. The predicted molar refractivity (Wildman–Crippen MR) is 82.0 cm³/mol. The smallest absolute Gasteiger partial charge is 0.410 e. The fourth-order valence-electron chi connectivity index (χ4n) is 2.47. The topological polar surface area (TPSA) is 54.5 Å². The van der Waals surface area contributed by atoms with Crippen molar-refractivity contribution in [3.05, 3.63) is 30.1 Å². The van der Waals surface area contributed by atoms with Crippen LogP contribution in [-0.4, -0.2) is 40.7 Å². The third kappa shape index (κ3) is 4.70. The zero-order valence-corrected chi connectivity index (χ0v) is 13.3. The molecular weight excluding hydrogens is 266 g/mol. The first-order valence-corrected chi connectivity index (χ1v) is 7.49. The van der Waals surface area contributed by atoms with Crippen molar-refractivity contribution in [1.29, 1.82) is 0 Å². The van der Waals surface area contributed by atoms with Gasteiger partial charge in [0.2, 0.25) is 0 Å². The molecule has 0 bridgehead atoms. The van der Waals surface area contributed by atoms with Gasteiger partial charge in [0.05, 0.1) is 0 Å². The molecule has 2 atom stereocenters. The highest BCUT2D eigenvalue weighted by Crippen LogP contribution is 2.18. The van der Waals surface area contributed by atoms with Crippen LogP contribution in [0, 0.1) is 0 Å². The standard InChI is InChI=1S/C16H25N3O2/c1-12(13-6-5-8-17-10-13)18-14-7-9-19(11-14)15(20)21-16(2,3)4/h5-6,8,10,12,14,18H,7,9,11H2,1-4H3/t12-,14?/m0/s1.